The SMILES string of the molecule is CCCN(CC(F)(F)F)S(=O)(=O)Cc1ccc(C#N)cc1. The summed E-state index contributed by atoms with van der Waals surface area (Å²) < 4.78 is 62.0. The fourth-order valence-corrected chi connectivity index (χ4v) is 3.34. The summed E-state index contributed by atoms with van der Waals surface area (Å²) in [5.41, 5.74) is 0.703. The van der Waals surface area contributed by atoms with Crippen molar-refractivity contribution in [2.24, 2.45) is 0 Å². The Balaban J connectivity index is 2.92. The van der Waals surface area contributed by atoms with Gasteiger partial charge in [0.05, 0.1) is 17.4 Å². The number of sulfonamides is 1. The van der Waals surface area contributed by atoms with E-state index in [9.17, 15) is 21.6 Å². The van der Waals surface area contributed by atoms with Crippen LogP contribution in [0.2, 0.25) is 0 Å². The summed E-state index contributed by atoms with van der Waals surface area (Å²) in [5.74, 6) is -0.519. The number of halogens is 3. The number of benzene rings is 1. The van der Waals surface area contributed by atoms with Crippen LogP contribution in [0, 0.1) is 11.3 Å². The molecular formula is C13H15F3N2O2S. The van der Waals surface area contributed by atoms with Gasteiger partial charge in [0.2, 0.25) is 10.0 Å². The van der Waals surface area contributed by atoms with Crippen molar-refractivity contribution in [3.63, 3.8) is 0 Å². The van der Waals surface area contributed by atoms with Crippen molar-refractivity contribution in [2.75, 3.05) is 13.1 Å². The number of nitrogens with zero attached hydrogens (tertiary/aromatic N) is 2. The van der Waals surface area contributed by atoms with E-state index in [0.29, 0.717) is 21.9 Å². The Morgan fingerprint density at radius 1 is 1.24 bits per heavy atom. The first kappa shape index (κ1) is 17.5. The number of nitriles is 1. The van der Waals surface area contributed by atoms with Crippen LogP contribution in [-0.4, -0.2) is 32.0 Å². The lowest BCUT2D eigenvalue weighted by molar-refractivity contribution is -0.136. The first-order valence-electron chi connectivity index (χ1n) is 6.21. The minimum absolute atomic E-state index is 0.182. The summed E-state index contributed by atoms with van der Waals surface area (Å²) in [7, 11) is -4.06. The maximum atomic E-state index is 12.5. The Kier molecular flexibility index (Phi) is 5.75. The Bertz CT molecular complexity index is 604. The second-order valence-electron chi connectivity index (χ2n) is 4.51. The third kappa shape index (κ3) is 5.73. The number of rotatable bonds is 6. The molecule has 1 aromatic rings. The minimum atomic E-state index is -4.58. The van der Waals surface area contributed by atoms with E-state index in [1.807, 2.05) is 6.07 Å². The highest BCUT2D eigenvalue weighted by molar-refractivity contribution is 7.88. The molecule has 0 heterocycles. The highest BCUT2D eigenvalue weighted by atomic mass is 32.2. The van der Waals surface area contributed by atoms with Crippen molar-refractivity contribution in [2.45, 2.75) is 25.3 Å². The lowest BCUT2D eigenvalue weighted by atomic mass is 10.2. The molecule has 116 valence electrons. The fraction of sp³-hybridized carbons (Fsp3) is 0.462. The molecule has 1 aromatic carbocycles. The quantitative estimate of drug-likeness (QED) is 0.809. The van der Waals surface area contributed by atoms with Crippen molar-refractivity contribution < 1.29 is 21.6 Å². The van der Waals surface area contributed by atoms with Crippen molar-refractivity contribution in [1.29, 1.82) is 5.26 Å². The van der Waals surface area contributed by atoms with Gasteiger partial charge >= 0.3 is 6.18 Å². The van der Waals surface area contributed by atoms with Crippen molar-refractivity contribution in [3.05, 3.63) is 35.4 Å². The van der Waals surface area contributed by atoms with Gasteiger partial charge in [-0.2, -0.15) is 22.7 Å². The highest BCUT2D eigenvalue weighted by Gasteiger charge is 2.35. The number of hydrogen-bond donors (Lipinski definition) is 0. The molecule has 21 heavy (non-hydrogen) atoms. The van der Waals surface area contributed by atoms with Crippen LogP contribution in [0.5, 0.6) is 0 Å². The molecule has 0 aliphatic rings. The van der Waals surface area contributed by atoms with E-state index in [0.717, 1.165) is 0 Å². The predicted octanol–water partition coefficient (Wildman–Crippen LogP) is 2.66. The van der Waals surface area contributed by atoms with Gasteiger partial charge in [-0.1, -0.05) is 19.1 Å². The van der Waals surface area contributed by atoms with Crippen molar-refractivity contribution in [3.8, 4) is 6.07 Å². The first-order valence-corrected chi connectivity index (χ1v) is 7.82. The maximum absolute atomic E-state index is 12.5. The van der Waals surface area contributed by atoms with Gasteiger partial charge in [0, 0.05) is 6.54 Å². The van der Waals surface area contributed by atoms with E-state index >= 15 is 0 Å². The lowest BCUT2D eigenvalue weighted by Gasteiger charge is -2.22. The van der Waals surface area contributed by atoms with E-state index in [2.05, 4.69) is 0 Å². The summed E-state index contributed by atoms with van der Waals surface area (Å²) in [5, 5.41) is 8.65. The molecule has 0 amide bonds. The lowest BCUT2D eigenvalue weighted by Crippen LogP contribution is -2.40. The minimum Gasteiger partial charge on any atom is -0.212 e. The van der Waals surface area contributed by atoms with Crippen LogP contribution in [0.4, 0.5) is 13.2 Å². The molecule has 0 saturated carbocycles. The molecule has 0 saturated heterocycles. The van der Waals surface area contributed by atoms with Crippen LogP contribution in [0.25, 0.3) is 0 Å². The fourth-order valence-electron chi connectivity index (χ4n) is 1.74. The summed E-state index contributed by atoms with van der Waals surface area (Å²) >= 11 is 0. The van der Waals surface area contributed by atoms with E-state index in [4.69, 9.17) is 5.26 Å². The zero-order valence-corrected chi connectivity index (χ0v) is 12.2. The number of alkyl halides is 3. The predicted molar refractivity (Wildman–Crippen MR) is 71.7 cm³/mol. The third-order valence-electron chi connectivity index (χ3n) is 2.65. The zero-order chi connectivity index (χ0) is 16.1. The second kappa shape index (κ2) is 6.91. The van der Waals surface area contributed by atoms with E-state index < -0.39 is 28.5 Å². The summed E-state index contributed by atoms with van der Waals surface area (Å²) in [6.07, 6.45) is -4.28. The molecule has 0 radical (unpaired) electrons. The monoisotopic (exact) mass is 320 g/mol. The van der Waals surface area contributed by atoms with E-state index in [1.165, 1.54) is 24.3 Å². The molecule has 8 heteroatoms. The van der Waals surface area contributed by atoms with Crippen LogP contribution in [-0.2, 0) is 15.8 Å². The first-order chi connectivity index (χ1) is 9.68. The van der Waals surface area contributed by atoms with Gasteiger partial charge in [0.1, 0.15) is 6.54 Å². The normalized spacial score (nSPS) is 12.4. The second-order valence-corrected chi connectivity index (χ2v) is 6.48. The molecule has 0 N–H and O–H groups in total. The van der Waals surface area contributed by atoms with Crippen LogP contribution >= 0.6 is 0 Å². The summed E-state index contributed by atoms with van der Waals surface area (Å²) in [6.45, 7) is -0.0574. The van der Waals surface area contributed by atoms with Crippen LogP contribution in [0.1, 0.15) is 24.5 Å². The molecule has 0 unspecified atom stereocenters. The van der Waals surface area contributed by atoms with Crippen LogP contribution in [0.3, 0.4) is 0 Å². The van der Waals surface area contributed by atoms with Gasteiger partial charge in [0.15, 0.2) is 0 Å². The molecule has 0 bridgehead atoms. The van der Waals surface area contributed by atoms with Gasteiger partial charge in [-0.15, -0.1) is 0 Å². The van der Waals surface area contributed by atoms with Crippen LogP contribution < -0.4 is 0 Å². The Morgan fingerprint density at radius 3 is 2.24 bits per heavy atom. The molecule has 0 fully saturated rings. The zero-order valence-electron chi connectivity index (χ0n) is 11.4. The third-order valence-corrected chi connectivity index (χ3v) is 4.45. The van der Waals surface area contributed by atoms with Gasteiger partial charge in [0.25, 0.3) is 0 Å². The Labute approximate surface area is 121 Å². The van der Waals surface area contributed by atoms with Gasteiger partial charge in [-0.25, -0.2) is 8.42 Å². The molecular weight excluding hydrogens is 305 g/mol. The molecule has 0 aliphatic carbocycles. The Hall–Kier alpha value is -1.59. The standard InChI is InChI=1S/C13H15F3N2O2S/c1-2-7-18(10-13(14,15)16)21(19,20)9-12-5-3-11(8-17)4-6-12/h3-6H,2,7,9-10H2,1H3. The molecule has 4 nitrogen and oxygen atoms in total. The van der Waals surface area contributed by atoms with E-state index in [1.54, 1.807) is 6.92 Å². The summed E-state index contributed by atoms with van der Waals surface area (Å²) in [6, 6.07) is 7.59. The summed E-state index contributed by atoms with van der Waals surface area (Å²) in [4.78, 5) is 0. The smallest absolute Gasteiger partial charge is 0.212 e. The molecule has 0 spiro atoms. The topological polar surface area (TPSA) is 61.2 Å². The molecule has 0 aliphatic heterocycles. The average Bonchev–Trinajstić information content (AvgIpc) is 2.37. The maximum Gasteiger partial charge on any atom is 0.402 e. The van der Waals surface area contributed by atoms with Gasteiger partial charge in [-0.3, -0.25) is 0 Å². The van der Waals surface area contributed by atoms with Gasteiger partial charge < -0.3 is 0 Å². The Morgan fingerprint density at radius 2 is 1.81 bits per heavy atom. The van der Waals surface area contributed by atoms with Crippen molar-refractivity contribution >= 4 is 10.0 Å². The molecule has 0 aromatic heterocycles. The van der Waals surface area contributed by atoms with E-state index in [-0.39, 0.29) is 6.54 Å². The molecule has 0 atom stereocenters. The average molecular weight is 320 g/mol. The van der Waals surface area contributed by atoms with Gasteiger partial charge in [-0.05, 0) is 24.1 Å². The molecule has 1 rings (SSSR count). The van der Waals surface area contributed by atoms with Crippen molar-refractivity contribution in [1.82, 2.24) is 4.31 Å². The van der Waals surface area contributed by atoms with Crippen LogP contribution in [0.15, 0.2) is 24.3 Å². The number of hydrogen-bond acceptors (Lipinski definition) is 3. The largest absolute Gasteiger partial charge is 0.402 e. The highest BCUT2D eigenvalue weighted by Crippen LogP contribution is 2.21.